The van der Waals surface area contributed by atoms with E-state index < -0.39 is 0 Å². The van der Waals surface area contributed by atoms with Gasteiger partial charge in [0.05, 0.1) is 5.01 Å². The maximum atomic E-state index is 4.70. The van der Waals surface area contributed by atoms with Gasteiger partial charge >= 0.3 is 0 Å². The van der Waals surface area contributed by atoms with Gasteiger partial charge < -0.3 is 10.6 Å². The summed E-state index contributed by atoms with van der Waals surface area (Å²) in [4.78, 5) is 11.7. The SMILES string of the molecule is CCNC(=NCCCCc1nc(C)cs1)NCCN(C(C)C)C(C)C. The minimum Gasteiger partial charge on any atom is -0.357 e. The van der Waals surface area contributed by atoms with E-state index in [0.717, 1.165) is 57.1 Å². The molecule has 1 heterocycles. The summed E-state index contributed by atoms with van der Waals surface area (Å²) in [7, 11) is 0. The van der Waals surface area contributed by atoms with Gasteiger partial charge in [-0.05, 0) is 60.8 Å². The van der Waals surface area contributed by atoms with E-state index in [2.05, 4.69) is 67.4 Å². The standard InChI is InChI=1S/C19H37N5S/c1-7-20-19(22-12-13-24(15(2)3)16(4)5)21-11-9-8-10-18-23-17(6)14-25-18/h14-16H,7-13H2,1-6H3,(H2,20,21,22). The Kier molecular flexibility index (Phi) is 10.7. The first-order chi connectivity index (χ1) is 11.9. The van der Waals surface area contributed by atoms with Crippen molar-refractivity contribution < 1.29 is 0 Å². The predicted octanol–water partition coefficient (Wildman–Crippen LogP) is 3.45. The average Bonchev–Trinajstić information content (AvgIpc) is 2.95. The summed E-state index contributed by atoms with van der Waals surface area (Å²) in [5.74, 6) is 0.931. The first-order valence-electron chi connectivity index (χ1n) is 9.63. The molecular formula is C19H37N5S. The fourth-order valence-corrected chi connectivity index (χ4v) is 3.67. The number of aromatic nitrogens is 1. The van der Waals surface area contributed by atoms with Crippen LogP contribution < -0.4 is 10.6 Å². The van der Waals surface area contributed by atoms with E-state index in [9.17, 15) is 0 Å². The van der Waals surface area contributed by atoms with Gasteiger partial charge in [-0.2, -0.15) is 0 Å². The van der Waals surface area contributed by atoms with Crippen molar-refractivity contribution in [1.29, 1.82) is 0 Å². The molecule has 1 rings (SSSR count). The van der Waals surface area contributed by atoms with Crippen LogP contribution in [-0.4, -0.2) is 54.1 Å². The Bertz CT molecular complexity index is 488. The fraction of sp³-hybridized carbons (Fsp3) is 0.789. The van der Waals surface area contributed by atoms with Crippen LogP contribution in [0.4, 0.5) is 0 Å². The van der Waals surface area contributed by atoms with Gasteiger partial charge in [0.25, 0.3) is 0 Å². The number of aryl methyl sites for hydroxylation is 2. The lowest BCUT2D eigenvalue weighted by atomic mass is 10.2. The van der Waals surface area contributed by atoms with E-state index in [0.29, 0.717) is 12.1 Å². The van der Waals surface area contributed by atoms with Crippen LogP contribution in [0.1, 0.15) is 58.2 Å². The van der Waals surface area contributed by atoms with Gasteiger partial charge in [-0.1, -0.05) is 0 Å². The molecule has 1 aromatic heterocycles. The molecule has 0 aromatic carbocycles. The molecule has 0 aliphatic heterocycles. The molecule has 6 heteroatoms. The molecule has 0 bridgehead atoms. The second-order valence-electron chi connectivity index (χ2n) is 6.95. The molecule has 0 radical (unpaired) electrons. The number of nitrogens with one attached hydrogen (secondary N) is 2. The number of aliphatic imine (C=N–C) groups is 1. The Morgan fingerprint density at radius 1 is 1.20 bits per heavy atom. The number of hydrogen-bond donors (Lipinski definition) is 2. The van der Waals surface area contributed by atoms with Gasteiger partial charge in [0, 0.05) is 49.3 Å². The minimum atomic E-state index is 0.566. The highest BCUT2D eigenvalue weighted by Crippen LogP contribution is 2.11. The monoisotopic (exact) mass is 367 g/mol. The number of hydrogen-bond acceptors (Lipinski definition) is 4. The van der Waals surface area contributed by atoms with Crippen LogP contribution in [0.2, 0.25) is 0 Å². The Labute approximate surface area is 158 Å². The normalized spacial score (nSPS) is 12.4. The molecule has 0 amide bonds. The number of guanidine groups is 1. The third-order valence-corrected chi connectivity index (χ3v) is 5.09. The number of nitrogens with zero attached hydrogens (tertiary/aromatic N) is 3. The third-order valence-electron chi connectivity index (χ3n) is 4.07. The molecule has 1 aromatic rings. The van der Waals surface area contributed by atoms with Gasteiger partial charge in [-0.25, -0.2) is 4.98 Å². The molecule has 0 fully saturated rings. The molecule has 0 aliphatic carbocycles. The largest absolute Gasteiger partial charge is 0.357 e. The third kappa shape index (κ3) is 9.21. The van der Waals surface area contributed by atoms with Crippen LogP contribution in [0.15, 0.2) is 10.4 Å². The van der Waals surface area contributed by atoms with Crippen LogP contribution in [0, 0.1) is 6.92 Å². The van der Waals surface area contributed by atoms with Crippen LogP contribution in [-0.2, 0) is 6.42 Å². The molecule has 0 atom stereocenters. The number of unbranched alkanes of at least 4 members (excludes halogenated alkanes) is 1. The van der Waals surface area contributed by atoms with Gasteiger partial charge in [0.2, 0.25) is 0 Å². The molecular weight excluding hydrogens is 330 g/mol. The van der Waals surface area contributed by atoms with Crippen molar-refractivity contribution in [2.45, 2.75) is 72.9 Å². The van der Waals surface area contributed by atoms with Crippen molar-refractivity contribution in [2.75, 3.05) is 26.2 Å². The number of rotatable bonds is 11. The molecule has 144 valence electrons. The highest BCUT2D eigenvalue weighted by molar-refractivity contribution is 7.09. The number of thiazole rings is 1. The second-order valence-corrected chi connectivity index (χ2v) is 7.90. The first kappa shape index (κ1) is 21.9. The highest BCUT2D eigenvalue weighted by atomic mass is 32.1. The second kappa shape index (κ2) is 12.3. The lowest BCUT2D eigenvalue weighted by Gasteiger charge is -2.30. The topological polar surface area (TPSA) is 52.6 Å². The van der Waals surface area contributed by atoms with Gasteiger partial charge in [0.1, 0.15) is 0 Å². The Morgan fingerprint density at radius 3 is 2.48 bits per heavy atom. The molecule has 0 unspecified atom stereocenters. The Balaban J connectivity index is 2.30. The van der Waals surface area contributed by atoms with Crippen LogP contribution >= 0.6 is 11.3 Å². The van der Waals surface area contributed by atoms with E-state index >= 15 is 0 Å². The van der Waals surface area contributed by atoms with Crippen LogP contribution in [0.5, 0.6) is 0 Å². The van der Waals surface area contributed by atoms with Crippen LogP contribution in [0.3, 0.4) is 0 Å². The van der Waals surface area contributed by atoms with Gasteiger partial charge in [0.15, 0.2) is 5.96 Å². The van der Waals surface area contributed by atoms with E-state index in [1.807, 2.05) is 0 Å². The molecule has 5 nitrogen and oxygen atoms in total. The van der Waals surface area contributed by atoms with Crippen molar-refractivity contribution in [3.63, 3.8) is 0 Å². The Hall–Kier alpha value is -1.14. The fourth-order valence-electron chi connectivity index (χ4n) is 2.85. The lowest BCUT2D eigenvalue weighted by molar-refractivity contribution is 0.178. The minimum absolute atomic E-state index is 0.566. The predicted molar refractivity (Wildman–Crippen MR) is 111 cm³/mol. The van der Waals surface area contributed by atoms with Crippen molar-refractivity contribution in [3.05, 3.63) is 16.1 Å². The van der Waals surface area contributed by atoms with Crippen molar-refractivity contribution >= 4 is 17.3 Å². The lowest BCUT2D eigenvalue weighted by Crippen LogP contribution is -2.45. The molecule has 2 N–H and O–H groups in total. The molecule has 25 heavy (non-hydrogen) atoms. The average molecular weight is 368 g/mol. The Morgan fingerprint density at radius 2 is 1.92 bits per heavy atom. The van der Waals surface area contributed by atoms with Gasteiger partial charge in [-0.3, -0.25) is 9.89 Å². The highest BCUT2D eigenvalue weighted by Gasteiger charge is 2.12. The summed E-state index contributed by atoms with van der Waals surface area (Å²) in [6.45, 7) is 16.9. The summed E-state index contributed by atoms with van der Waals surface area (Å²) in [5, 5.41) is 10.2. The maximum Gasteiger partial charge on any atom is 0.191 e. The quantitative estimate of drug-likeness (QED) is 0.357. The first-order valence-corrected chi connectivity index (χ1v) is 10.5. The summed E-state index contributed by atoms with van der Waals surface area (Å²) in [6.07, 6.45) is 3.30. The van der Waals surface area contributed by atoms with Gasteiger partial charge in [-0.15, -0.1) is 11.3 Å². The van der Waals surface area contributed by atoms with Crippen molar-refractivity contribution in [1.82, 2.24) is 20.5 Å². The zero-order valence-corrected chi connectivity index (χ0v) is 17.7. The van der Waals surface area contributed by atoms with E-state index in [4.69, 9.17) is 4.99 Å². The molecule has 0 spiro atoms. The van der Waals surface area contributed by atoms with E-state index in [1.165, 1.54) is 5.01 Å². The maximum absolute atomic E-state index is 4.70. The zero-order valence-electron chi connectivity index (χ0n) is 16.9. The molecule has 0 aliphatic rings. The summed E-state index contributed by atoms with van der Waals surface area (Å²) in [6, 6.07) is 1.13. The summed E-state index contributed by atoms with van der Waals surface area (Å²) < 4.78 is 0. The molecule has 0 saturated heterocycles. The summed E-state index contributed by atoms with van der Waals surface area (Å²) >= 11 is 1.76. The van der Waals surface area contributed by atoms with E-state index in [1.54, 1.807) is 11.3 Å². The van der Waals surface area contributed by atoms with E-state index in [-0.39, 0.29) is 0 Å². The smallest absolute Gasteiger partial charge is 0.191 e. The zero-order chi connectivity index (χ0) is 18.7. The molecule has 0 saturated carbocycles. The van der Waals surface area contributed by atoms with Crippen molar-refractivity contribution in [3.8, 4) is 0 Å². The van der Waals surface area contributed by atoms with Crippen molar-refractivity contribution in [2.24, 2.45) is 4.99 Å². The summed E-state index contributed by atoms with van der Waals surface area (Å²) in [5.41, 5.74) is 1.13. The van der Waals surface area contributed by atoms with Crippen LogP contribution in [0.25, 0.3) is 0 Å².